The number of hydrogen-bond donors (Lipinski definition) is 1. The van der Waals surface area contributed by atoms with Crippen molar-refractivity contribution >= 4 is 5.69 Å². The highest BCUT2D eigenvalue weighted by atomic mass is 19.1. The van der Waals surface area contributed by atoms with Gasteiger partial charge in [-0.1, -0.05) is 50.7 Å². The number of rotatable bonds is 2. The monoisotopic (exact) mass is 221 g/mol. The van der Waals surface area contributed by atoms with Crippen LogP contribution in [0.4, 0.5) is 10.1 Å². The molecule has 1 aromatic carbocycles. The van der Waals surface area contributed by atoms with Crippen LogP contribution in [0.3, 0.4) is 0 Å². The van der Waals surface area contributed by atoms with Crippen molar-refractivity contribution < 1.29 is 4.39 Å². The van der Waals surface area contributed by atoms with Crippen molar-refractivity contribution in [2.45, 2.75) is 44.9 Å². The summed E-state index contributed by atoms with van der Waals surface area (Å²) >= 11 is 0. The van der Waals surface area contributed by atoms with Crippen LogP contribution in [0.25, 0.3) is 0 Å². The molecule has 0 atom stereocenters. The van der Waals surface area contributed by atoms with E-state index in [0.717, 1.165) is 12.0 Å². The number of nitrogen functional groups attached to an aromatic ring is 1. The molecular weight excluding hydrogens is 201 g/mol. The van der Waals surface area contributed by atoms with Crippen molar-refractivity contribution in [3.63, 3.8) is 0 Å². The maximum Gasteiger partial charge on any atom is 0.146 e. The van der Waals surface area contributed by atoms with Gasteiger partial charge in [0.05, 0.1) is 5.69 Å². The highest BCUT2D eigenvalue weighted by Gasteiger charge is 2.15. The number of hydrogen-bond acceptors (Lipinski definition) is 1. The summed E-state index contributed by atoms with van der Waals surface area (Å²) < 4.78 is 13.3. The highest BCUT2D eigenvalue weighted by Crippen LogP contribution is 2.28. The maximum atomic E-state index is 13.3. The summed E-state index contributed by atoms with van der Waals surface area (Å²) in [5.74, 6) is 0.428. The summed E-state index contributed by atoms with van der Waals surface area (Å²) in [4.78, 5) is 0. The Morgan fingerprint density at radius 1 is 1.12 bits per heavy atom. The predicted molar refractivity (Wildman–Crippen MR) is 65.7 cm³/mol. The predicted octanol–water partition coefficient (Wildman–Crippen LogP) is 3.92. The summed E-state index contributed by atoms with van der Waals surface area (Å²) in [6.07, 6.45) is 8.85. The van der Waals surface area contributed by atoms with Crippen LogP contribution < -0.4 is 5.73 Å². The van der Waals surface area contributed by atoms with Crippen molar-refractivity contribution in [3.8, 4) is 0 Å². The Hall–Kier alpha value is -1.05. The molecule has 1 aliphatic rings. The highest BCUT2D eigenvalue weighted by molar-refractivity contribution is 5.48. The van der Waals surface area contributed by atoms with E-state index in [-0.39, 0.29) is 5.82 Å². The minimum atomic E-state index is -0.272. The van der Waals surface area contributed by atoms with Crippen LogP contribution in [-0.2, 0) is 6.42 Å². The van der Waals surface area contributed by atoms with Gasteiger partial charge in [0, 0.05) is 0 Å². The van der Waals surface area contributed by atoms with E-state index < -0.39 is 0 Å². The summed E-state index contributed by atoms with van der Waals surface area (Å²) in [5.41, 5.74) is 7.11. The van der Waals surface area contributed by atoms with E-state index in [0.29, 0.717) is 11.6 Å². The Bertz CT molecular complexity index is 341. The summed E-state index contributed by atoms with van der Waals surface area (Å²) in [6, 6.07) is 5.16. The first-order chi connectivity index (χ1) is 7.77. The molecule has 0 unspecified atom stereocenters. The van der Waals surface area contributed by atoms with Gasteiger partial charge in [0.15, 0.2) is 0 Å². The van der Waals surface area contributed by atoms with E-state index >= 15 is 0 Å². The fourth-order valence-electron chi connectivity index (χ4n) is 2.64. The van der Waals surface area contributed by atoms with Gasteiger partial charge in [-0.3, -0.25) is 0 Å². The van der Waals surface area contributed by atoms with E-state index in [9.17, 15) is 4.39 Å². The summed E-state index contributed by atoms with van der Waals surface area (Å²) in [7, 11) is 0. The molecule has 0 radical (unpaired) electrons. The van der Waals surface area contributed by atoms with Gasteiger partial charge in [0.25, 0.3) is 0 Å². The zero-order chi connectivity index (χ0) is 11.4. The molecule has 0 amide bonds. The lowest BCUT2D eigenvalue weighted by Crippen LogP contribution is -2.06. The molecule has 1 saturated carbocycles. The fraction of sp³-hybridized carbons (Fsp3) is 0.571. The maximum absolute atomic E-state index is 13.3. The van der Waals surface area contributed by atoms with Crippen molar-refractivity contribution in [2.75, 3.05) is 5.73 Å². The summed E-state index contributed by atoms with van der Waals surface area (Å²) in [5, 5.41) is 0. The molecule has 0 aromatic heterocycles. The van der Waals surface area contributed by atoms with Crippen molar-refractivity contribution in [2.24, 2.45) is 5.92 Å². The van der Waals surface area contributed by atoms with Gasteiger partial charge >= 0.3 is 0 Å². The van der Waals surface area contributed by atoms with Gasteiger partial charge in [0.1, 0.15) is 5.82 Å². The number of anilines is 1. The lowest BCUT2D eigenvalue weighted by molar-refractivity contribution is 0.457. The zero-order valence-corrected chi connectivity index (χ0v) is 9.71. The molecule has 1 aliphatic carbocycles. The van der Waals surface area contributed by atoms with E-state index in [4.69, 9.17) is 5.73 Å². The Balaban J connectivity index is 2.04. The van der Waals surface area contributed by atoms with Crippen LogP contribution in [-0.4, -0.2) is 0 Å². The van der Waals surface area contributed by atoms with Crippen molar-refractivity contribution in [1.29, 1.82) is 0 Å². The first-order valence-electron chi connectivity index (χ1n) is 6.30. The SMILES string of the molecule is Nc1c(F)cccc1CC1CCCCCC1. The number of nitrogens with two attached hydrogens (primary N) is 1. The minimum Gasteiger partial charge on any atom is -0.396 e. The molecule has 0 spiro atoms. The third-order valence-electron chi connectivity index (χ3n) is 3.63. The van der Waals surface area contributed by atoms with E-state index in [2.05, 4.69) is 0 Å². The second-order valence-corrected chi connectivity index (χ2v) is 4.87. The van der Waals surface area contributed by atoms with Crippen molar-refractivity contribution in [1.82, 2.24) is 0 Å². The third kappa shape index (κ3) is 2.75. The average Bonchev–Trinajstić information content (AvgIpc) is 2.53. The molecule has 2 rings (SSSR count). The lowest BCUT2D eigenvalue weighted by Gasteiger charge is -2.15. The molecule has 0 aliphatic heterocycles. The Labute approximate surface area is 96.9 Å². The standard InChI is InChI=1S/C14H20FN/c15-13-9-5-8-12(14(13)16)10-11-6-3-1-2-4-7-11/h5,8-9,11H,1-4,6-7,10,16H2. The molecule has 1 fully saturated rings. The molecule has 1 nitrogen and oxygen atoms in total. The van der Waals surface area contributed by atoms with Crippen molar-refractivity contribution in [3.05, 3.63) is 29.6 Å². The van der Waals surface area contributed by atoms with Gasteiger partial charge in [0.2, 0.25) is 0 Å². The van der Waals surface area contributed by atoms with Gasteiger partial charge in [-0.2, -0.15) is 0 Å². The Morgan fingerprint density at radius 2 is 1.81 bits per heavy atom. The molecule has 16 heavy (non-hydrogen) atoms. The Morgan fingerprint density at radius 3 is 2.50 bits per heavy atom. The van der Waals surface area contributed by atoms with E-state index in [1.54, 1.807) is 6.07 Å². The Kier molecular flexibility index (Phi) is 3.81. The molecule has 2 heteroatoms. The van der Waals surface area contributed by atoms with E-state index in [1.807, 2.05) is 6.07 Å². The first-order valence-corrected chi connectivity index (χ1v) is 6.30. The van der Waals surface area contributed by atoms with Crippen LogP contribution in [0, 0.1) is 11.7 Å². The second-order valence-electron chi connectivity index (χ2n) is 4.87. The first kappa shape index (κ1) is 11.4. The molecule has 0 heterocycles. The number of benzene rings is 1. The quantitative estimate of drug-likeness (QED) is 0.594. The minimum absolute atomic E-state index is 0.272. The molecule has 0 bridgehead atoms. The van der Waals surface area contributed by atoms with E-state index in [1.165, 1.54) is 44.6 Å². The van der Waals surface area contributed by atoms with Crippen LogP contribution >= 0.6 is 0 Å². The lowest BCUT2D eigenvalue weighted by atomic mass is 9.92. The summed E-state index contributed by atoms with van der Waals surface area (Å²) in [6.45, 7) is 0. The second kappa shape index (κ2) is 5.33. The van der Waals surface area contributed by atoms with Crippen LogP contribution in [0.2, 0.25) is 0 Å². The normalized spacial score (nSPS) is 18.3. The molecule has 88 valence electrons. The topological polar surface area (TPSA) is 26.0 Å². The van der Waals surface area contributed by atoms with Crippen LogP contribution in [0.1, 0.15) is 44.1 Å². The molecule has 1 aromatic rings. The number of para-hydroxylation sites is 1. The number of halogens is 1. The molecular formula is C14H20FN. The third-order valence-corrected chi connectivity index (χ3v) is 3.63. The van der Waals surface area contributed by atoms with Gasteiger partial charge in [-0.25, -0.2) is 4.39 Å². The van der Waals surface area contributed by atoms with Crippen LogP contribution in [0.5, 0.6) is 0 Å². The molecule has 0 saturated heterocycles. The van der Waals surface area contributed by atoms with Crippen LogP contribution in [0.15, 0.2) is 18.2 Å². The fourth-order valence-corrected chi connectivity index (χ4v) is 2.64. The van der Waals surface area contributed by atoms with Gasteiger partial charge in [-0.05, 0) is 24.0 Å². The zero-order valence-electron chi connectivity index (χ0n) is 9.71. The largest absolute Gasteiger partial charge is 0.396 e. The average molecular weight is 221 g/mol. The smallest absolute Gasteiger partial charge is 0.146 e. The van der Waals surface area contributed by atoms with Gasteiger partial charge < -0.3 is 5.73 Å². The molecule has 2 N–H and O–H groups in total. The van der Waals surface area contributed by atoms with Gasteiger partial charge in [-0.15, -0.1) is 0 Å².